The number of hydrogen-bond acceptors (Lipinski definition) is 2. The Labute approximate surface area is 146 Å². The Kier molecular flexibility index (Phi) is 5.45. The molecule has 0 atom stereocenters. The molecule has 0 aliphatic carbocycles. The molecule has 0 amide bonds. The van der Waals surface area contributed by atoms with E-state index in [9.17, 15) is 10.1 Å². The Morgan fingerprint density at radius 3 is 2.00 bits per heavy atom. The number of halogens is 1. The maximum atomic E-state index is 10.9. The first-order valence-electron chi connectivity index (χ1n) is 8.25. The molecule has 0 spiro atoms. The smallest absolute Gasteiger partial charge is 0.269 e. The van der Waals surface area contributed by atoms with Gasteiger partial charge in [-0.1, -0.05) is 35.9 Å². The molecule has 1 aliphatic heterocycles. The predicted octanol–water partition coefficient (Wildman–Crippen LogP) is 0.732. The summed E-state index contributed by atoms with van der Waals surface area (Å²) < 4.78 is 0. The number of quaternary nitrogens is 2. The highest BCUT2D eigenvalue weighted by molar-refractivity contribution is 6.30. The van der Waals surface area contributed by atoms with E-state index in [1.54, 1.807) is 23.1 Å². The first-order valence-corrected chi connectivity index (χ1v) is 8.63. The van der Waals surface area contributed by atoms with Crippen LogP contribution in [0.2, 0.25) is 5.02 Å². The fourth-order valence-electron chi connectivity index (χ4n) is 3.31. The lowest BCUT2D eigenvalue weighted by atomic mass is 10.1. The zero-order valence-electron chi connectivity index (χ0n) is 13.5. The van der Waals surface area contributed by atoms with E-state index in [1.807, 2.05) is 24.3 Å². The Balaban J connectivity index is 1.52. The Bertz CT molecular complexity index is 715. The molecule has 126 valence electrons. The fraction of sp³-hybridized carbons (Fsp3) is 0.333. The average molecular weight is 348 g/mol. The van der Waals surface area contributed by atoms with Crippen molar-refractivity contribution in [3.05, 3.63) is 74.8 Å². The van der Waals surface area contributed by atoms with Gasteiger partial charge in [0.05, 0.1) is 4.92 Å². The highest BCUT2D eigenvalue weighted by Crippen LogP contribution is 2.12. The minimum Gasteiger partial charge on any atom is -0.322 e. The molecule has 24 heavy (non-hydrogen) atoms. The highest BCUT2D eigenvalue weighted by Gasteiger charge is 2.23. The van der Waals surface area contributed by atoms with Gasteiger partial charge in [0.2, 0.25) is 0 Å². The van der Waals surface area contributed by atoms with Crippen LogP contribution < -0.4 is 9.80 Å². The number of nitrogens with one attached hydrogen (secondary N) is 2. The van der Waals surface area contributed by atoms with Crippen LogP contribution in [0.25, 0.3) is 0 Å². The zero-order chi connectivity index (χ0) is 16.9. The van der Waals surface area contributed by atoms with Crippen LogP contribution in [-0.4, -0.2) is 31.1 Å². The summed E-state index contributed by atoms with van der Waals surface area (Å²) in [5, 5.41) is 11.7. The van der Waals surface area contributed by atoms with E-state index in [-0.39, 0.29) is 10.6 Å². The van der Waals surface area contributed by atoms with Crippen molar-refractivity contribution in [2.45, 2.75) is 13.1 Å². The van der Waals surface area contributed by atoms with Crippen molar-refractivity contribution < 1.29 is 14.7 Å². The maximum Gasteiger partial charge on any atom is 0.269 e. The Hall–Kier alpha value is -1.95. The molecule has 0 saturated carbocycles. The summed E-state index contributed by atoms with van der Waals surface area (Å²) in [5.41, 5.74) is 2.49. The van der Waals surface area contributed by atoms with Crippen molar-refractivity contribution in [3.8, 4) is 0 Å². The number of nitrogens with zero attached hydrogens (tertiary/aromatic N) is 1. The third-order valence-electron chi connectivity index (χ3n) is 4.58. The number of rotatable bonds is 5. The lowest BCUT2D eigenvalue weighted by molar-refractivity contribution is -1.02. The summed E-state index contributed by atoms with van der Waals surface area (Å²) in [7, 11) is 0. The molecule has 2 aromatic carbocycles. The number of hydrogen-bond donors (Lipinski definition) is 2. The van der Waals surface area contributed by atoms with Crippen LogP contribution in [0.4, 0.5) is 5.69 Å². The molecule has 1 saturated heterocycles. The van der Waals surface area contributed by atoms with Gasteiger partial charge in [-0.3, -0.25) is 10.1 Å². The van der Waals surface area contributed by atoms with Gasteiger partial charge in [0.25, 0.3) is 5.69 Å². The van der Waals surface area contributed by atoms with Gasteiger partial charge in [-0.2, -0.15) is 0 Å². The SMILES string of the molecule is O=[N+]([O-])c1cccc(C[NH+]2CC[NH+](Cc3cccc(Cl)c3)CC2)c1. The second-order valence-electron chi connectivity index (χ2n) is 6.41. The molecule has 0 aromatic heterocycles. The Morgan fingerprint density at radius 1 is 0.917 bits per heavy atom. The Morgan fingerprint density at radius 2 is 1.46 bits per heavy atom. The molecule has 2 aromatic rings. The van der Waals surface area contributed by atoms with Crippen LogP contribution in [0.15, 0.2) is 48.5 Å². The number of benzene rings is 2. The molecule has 0 bridgehead atoms. The molecular formula is C18H22ClN3O2+2. The standard InChI is InChI=1S/C18H20ClN3O2/c19-17-5-1-3-15(11-17)13-20-7-9-21(10-8-20)14-16-4-2-6-18(12-16)22(23)24/h1-6,11-12H,7-10,13-14H2/p+2. The van der Waals surface area contributed by atoms with Crippen LogP contribution in [0.3, 0.4) is 0 Å². The van der Waals surface area contributed by atoms with Crippen LogP contribution in [0.1, 0.15) is 11.1 Å². The quantitative estimate of drug-likeness (QED) is 0.619. The van der Waals surface area contributed by atoms with Crippen LogP contribution in [-0.2, 0) is 13.1 Å². The van der Waals surface area contributed by atoms with Gasteiger partial charge in [-0.15, -0.1) is 0 Å². The van der Waals surface area contributed by atoms with E-state index < -0.39 is 0 Å². The van der Waals surface area contributed by atoms with Gasteiger partial charge in [-0.25, -0.2) is 0 Å². The summed E-state index contributed by atoms with van der Waals surface area (Å²) in [6.45, 7) is 6.24. The van der Waals surface area contributed by atoms with Gasteiger partial charge >= 0.3 is 0 Å². The minimum atomic E-state index is -0.327. The van der Waals surface area contributed by atoms with E-state index in [4.69, 9.17) is 11.6 Å². The topological polar surface area (TPSA) is 52.0 Å². The second-order valence-corrected chi connectivity index (χ2v) is 6.85. The van der Waals surface area contributed by atoms with Crippen molar-refractivity contribution in [2.75, 3.05) is 26.2 Å². The third kappa shape index (κ3) is 4.54. The molecule has 3 rings (SSSR count). The van der Waals surface area contributed by atoms with E-state index in [0.717, 1.165) is 49.9 Å². The van der Waals surface area contributed by atoms with Crippen molar-refractivity contribution >= 4 is 17.3 Å². The van der Waals surface area contributed by atoms with Gasteiger partial charge < -0.3 is 9.80 Å². The number of piperazine rings is 1. The van der Waals surface area contributed by atoms with E-state index in [1.165, 1.54) is 10.5 Å². The van der Waals surface area contributed by atoms with Crippen molar-refractivity contribution in [2.24, 2.45) is 0 Å². The fourth-order valence-corrected chi connectivity index (χ4v) is 3.53. The number of nitro benzene ring substituents is 1. The van der Waals surface area contributed by atoms with E-state index in [0.29, 0.717) is 0 Å². The molecule has 5 nitrogen and oxygen atoms in total. The molecule has 1 fully saturated rings. The van der Waals surface area contributed by atoms with Crippen molar-refractivity contribution in [3.63, 3.8) is 0 Å². The van der Waals surface area contributed by atoms with Crippen LogP contribution in [0, 0.1) is 10.1 Å². The summed E-state index contributed by atoms with van der Waals surface area (Å²) >= 11 is 6.05. The zero-order valence-corrected chi connectivity index (χ0v) is 14.3. The predicted molar refractivity (Wildman–Crippen MR) is 93.3 cm³/mol. The first kappa shape index (κ1) is 16.9. The number of non-ortho nitro benzene ring substituents is 1. The lowest BCUT2D eigenvalue weighted by Crippen LogP contribution is -3.27. The monoisotopic (exact) mass is 347 g/mol. The van der Waals surface area contributed by atoms with E-state index in [2.05, 4.69) is 6.07 Å². The molecule has 0 radical (unpaired) electrons. The van der Waals surface area contributed by atoms with Crippen LogP contribution in [0.5, 0.6) is 0 Å². The third-order valence-corrected chi connectivity index (χ3v) is 4.82. The summed E-state index contributed by atoms with van der Waals surface area (Å²) in [5.74, 6) is 0. The molecule has 6 heteroatoms. The summed E-state index contributed by atoms with van der Waals surface area (Å²) in [6, 6.07) is 15.1. The number of nitro groups is 1. The normalized spacial score (nSPS) is 20.7. The highest BCUT2D eigenvalue weighted by atomic mass is 35.5. The van der Waals surface area contributed by atoms with Gasteiger partial charge in [0.1, 0.15) is 39.3 Å². The van der Waals surface area contributed by atoms with Crippen LogP contribution >= 0.6 is 11.6 Å². The molecule has 1 aliphatic rings. The van der Waals surface area contributed by atoms with Gasteiger partial charge in [-0.05, 0) is 12.1 Å². The van der Waals surface area contributed by atoms with Gasteiger partial charge in [0, 0.05) is 28.3 Å². The van der Waals surface area contributed by atoms with E-state index >= 15 is 0 Å². The lowest BCUT2D eigenvalue weighted by Gasteiger charge is -2.29. The van der Waals surface area contributed by atoms with Gasteiger partial charge in [0.15, 0.2) is 0 Å². The first-order chi connectivity index (χ1) is 11.6. The van der Waals surface area contributed by atoms with Crippen molar-refractivity contribution in [1.29, 1.82) is 0 Å². The largest absolute Gasteiger partial charge is 0.322 e. The minimum absolute atomic E-state index is 0.178. The second kappa shape index (κ2) is 7.75. The van der Waals surface area contributed by atoms with Crippen molar-refractivity contribution in [1.82, 2.24) is 0 Å². The molecular weight excluding hydrogens is 326 g/mol. The molecule has 1 heterocycles. The summed E-state index contributed by atoms with van der Waals surface area (Å²) in [6.07, 6.45) is 0. The summed E-state index contributed by atoms with van der Waals surface area (Å²) in [4.78, 5) is 13.6. The average Bonchev–Trinajstić information content (AvgIpc) is 2.57. The molecule has 0 unspecified atom stereocenters. The molecule has 2 N–H and O–H groups in total. The maximum absolute atomic E-state index is 10.9.